The number of hydrogen-bond acceptors (Lipinski definition) is 17. The molecule has 0 aliphatic carbocycles. The van der Waals surface area contributed by atoms with Crippen molar-refractivity contribution in [3.8, 4) is 45.3 Å². The van der Waals surface area contributed by atoms with E-state index in [0.29, 0.717) is 76.2 Å². The van der Waals surface area contributed by atoms with E-state index in [1.807, 2.05) is 29.2 Å². The minimum atomic E-state index is -1.19. The van der Waals surface area contributed by atoms with Gasteiger partial charge < -0.3 is 47.0 Å². The Morgan fingerprint density at radius 1 is 0.630 bits per heavy atom. The van der Waals surface area contributed by atoms with Gasteiger partial charge in [0.2, 0.25) is 5.91 Å². The van der Waals surface area contributed by atoms with Crippen LogP contribution < -0.4 is 16.8 Å². The number of nitrogens with zero attached hydrogens (tertiary/aromatic N) is 11. The number of fused-ring (bicyclic) bond motifs is 6. The number of piperidine rings is 2. The topological polar surface area (TPSA) is 340 Å². The highest BCUT2D eigenvalue weighted by Crippen LogP contribution is 2.45. The van der Waals surface area contributed by atoms with Crippen LogP contribution in [0.2, 0.25) is 0 Å². The average Bonchev–Trinajstić information content (AvgIpc) is 4.28. The SMILES string of the molecule is CC(=O)c1c(C2C[C@H]3CC[C@@H](C2)N3)nc2c(-c3ccc(-c4ncc[nH]4)nc3)cnn2c1N.CC(=O)c1c(C2C[C@H]3CC[C@@H](C2)N3C(=O)CO)nc2c(-c3ccc(-c4ncc[nH]4)nc3)cnn2c1N.O=C(O)CO. The summed E-state index contributed by atoms with van der Waals surface area (Å²) in [6.07, 6.45) is 21.3. The highest BCUT2D eigenvalue weighted by atomic mass is 16.4. The molecule has 0 radical (unpaired) electrons. The van der Waals surface area contributed by atoms with Gasteiger partial charge in [-0.2, -0.15) is 19.2 Å². The molecule has 1 amide bonds. The summed E-state index contributed by atoms with van der Waals surface area (Å²) in [5.41, 5.74) is 21.3. The van der Waals surface area contributed by atoms with E-state index >= 15 is 0 Å². The molecule has 0 spiro atoms. The number of carboxylic acid groups (broad SMARTS) is 1. The summed E-state index contributed by atoms with van der Waals surface area (Å²) in [5, 5.41) is 37.0. The largest absolute Gasteiger partial charge is 0.480 e. The Balaban J connectivity index is 0.000000154. The van der Waals surface area contributed by atoms with Crippen molar-refractivity contribution in [1.29, 1.82) is 0 Å². The molecule has 0 aromatic carbocycles. The van der Waals surface area contributed by atoms with E-state index in [4.69, 9.17) is 36.4 Å². The Morgan fingerprint density at radius 3 is 1.45 bits per heavy atom. The van der Waals surface area contributed by atoms with Crippen molar-refractivity contribution in [3.05, 3.63) is 96.4 Å². The number of rotatable bonds is 10. The Bertz CT molecular complexity index is 3310. The number of amides is 1. The fourth-order valence-corrected chi connectivity index (χ4v) is 11.2. The van der Waals surface area contributed by atoms with Crippen molar-refractivity contribution >= 4 is 46.4 Å². The van der Waals surface area contributed by atoms with E-state index in [1.165, 1.54) is 24.3 Å². The van der Waals surface area contributed by atoms with Gasteiger partial charge in [0.05, 0.1) is 34.9 Å². The van der Waals surface area contributed by atoms with Gasteiger partial charge in [-0.05, 0) is 77.3 Å². The third-order valence-electron chi connectivity index (χ3n) is 14.3. The van der Waals surface area contributed by atoms with Crippen LogP contribution in [0.25, 0.3) is 56.6 Å². The van der Waals surface area contributed by atoms with Crippen LogP contribution in [0.15, 0.2) is 73.8 Å². The number of carboxylic acids is 1. The van der Waals surface area contributed by atoms with Crippen molar-refractivity contribution in [2.24, 2.45) is 0 Å². The number of Topliss-reactive ketones (excluding diaryl/α,β-unsaturated/α-hetero) is 2. The fourth-order valence-electron chi connectivity index (χ4n) is 11.2. The molecular weight excluding hydrogens is 937 g/mol. The maximum atomic E-state index is 12.7. The third-order valence-corrected chi connectivity index (χ3v) is 14.3. The monoisotopic (exact) mass is 990 g/mol. The van der Waals surface area contributed by atoms with E-state index in [2.05, 4.69) is 45.4 Å². The molecule has 23 heteroatoms. The van der Waals surface area contributed by atoms with Crippen LogP contribution in [0.5, 0.6) is 0 Å². The number of hydrogen-bond donors (Lipinski definition) is 8. The van der Waals surface area contributed by atoms with Crippen LogP contribution in [0, 0.1) is 0 Å². The number of aliphatic hydroxyl groups is 2. The number of aromatic nitrogens is 12. The summed E-state index contributed by atoms with van der Waals surface area (Å²) in [6, 6.07) is 8.71. The molecule has 4 fully saturated rings. The second-order valence-corrected chi connectivity index (χ2v) is 18.8. The Labute approximate surface area is 416 Å². The van der Waals surface area contributed by atoms with Gasteiger partial charge in [-0.3, -0.25) is 24.4 Å². The van der Waals surface area contributed by atoms with E-state index < -0.39 is 19.2 Å². The molecule has 12 heterocycles. The summed E-state index contributed by atoms with van der Waals surface area (Å²) in [4.78, 5) is 82.2. The lowest BCUT2D eigenvalue weighted by Gasteiger charge is -2.39. The number of anilines is 2. The maximum Gasteiger partial charge on any atom is 0.329 e. The fraction of sp³-hybridized carbons (Fsp3) is 0.360. The lowest BCUT2D eigenvalue weighted by Crippen LogP contribution is -2.47. The highest BCUT2D eigenvalue weighted by Gasteiger charge is 2.45. The highest BCUT2D eigenvalue weighted by molar-refractivity contribution is 6.01. The molecule has 4 bridgehead atoms. The first-order valence-corrected chi connectivity index (χ1v) is 24.1. The number of H-pyrrole nitrogens is 2. The first kappa shape index (κ1) is 48.4. The van der Waals surface area contributed by atoms with Crippen LogP contribution in [-0.2, 0) is 9.59 Å². The summed E-state index contributed by atoms with van der Waals surface area (Å²) in [7, 11) is 0. The van der Waals surface area contributed by atoms with E-state index in [0.717, 1.165) is 59.3 Å². The molecule has 8 aromatic rings. The lowest BCUT2D eigenvalue weighted by atomic mass is 9.85. The minimum Gasteiger partial charge on any atom is -0.480 e. The summed E-state index contributed by atoms with van der Waals surface area (Å²) in [5.74, 6) is 0.527. The molecule has 4 aliphatic heterocycles. The number of nitrogens with two attached hydrogens (primary N) is 2. The minimum absolute atomic E-state index is 0.0233. The number of aromatic amines is 2. The molecule has 0 saturated carbocycles. The molecular formula is C50H54N16O7. The number of carbonyl (C=O) groups excluding carboxylic acids is 3. The summed E-state index contributed by atoms with van der Waals surface area (Å²) in [6.45, 7) is 1.78. The number of nitrogen functional groups attached to an aromatic ring is 2. The molecule has 73 heavy (non-hydrogen) atoms. The Morgan fingerprint density at radius 2 is 1.08 bits per heavy atom. The molecule has 6 atom stereocenters. The summed E-state index contributed by atoms with van der Waals surface area (Å²) >= 11 is 0. The van der Waals surface area contributed by atoms with Crippen LogP contribution in [0.1, 0.15) is 109 Å². The van der Waals surface area contributed by atoms with Crippen molar-refractivity contribution in [2.75, 3.05) is 24.7 Å². The summed E-state index contributed by atoms with van der Waals surface area (Å²) < 4.78 is 3.08. The number of imidazole rings is 2. The number of aliphatic carboxylic acids is 1. The van der Waals surface area contributed by atoms with Gasteiger partial charge in [0.25, 0.3) is 0 Å². The van der Waals surface area contributed by atoms with Gasteiger partial charge in [0.1, 0.15) is 36.2 Å². The van der Waals surface area contributed by atoms with Gasteiger partial charge in [0, 0.05) is 95.4 Å². The predicted octanol–water partition coefficient (Wildman–Crippen LogP) is 4.22. The van der Waals surface area contributed by atoms with Gasteiger partial charge in [0.15, 0.2) is 34.5 Å². The molecule has 8 aromatic heterocycles. The number of nitrogens with one attached hydrogen (secondary N) is 3. The zero-order chi connectivity index (χ0) is 51.1. The molecule has 2 unspecified atom stereocenters. The van der Waals surface area contributed by atoms with Crippen LogP contribution in [-0.4, -0.2) is 140 Å². The second-order valence-electron chi connectivity index (χ2n) is 18.8. The van der Waals surface area contributed by atoms with Gasteiger partial charge >= 0.3 is 5.97 Å². The zero-order valence-corrected chi connectivity index (χ0v) is 40.0. The van der Waals surface area contributed by atoms with Crippen LogP contribution >= 0.6 is 0 Å². The molecule has 4 saturated heterocycles. The zero-order valence-electron chi connectivity index (χ0n) is 40.0. The van der Waals surface area contributed by atoms with E-state index in [-0.39, 0.29) is 47.2 Å². The van der Waals surface area contributed by atoms with Gasteiger partial charge in [-0.15, -0.1) is 0 Å². The van der Waals surface area contributed by atoms with Gasteiger partial charge in [-0.1, -0.05) is 12.1 Å². The standard InChI is InChI=1S/C25H26N8O3.C23H24N8O.C2H4O3/c1-13(35)21-22(15-8-16-3-4-17(9-15)32(16)20(36)12-34)31-25-18(11-30-33(25)23(21)26)14-2-5-19(29-10-14)24-27-6-7-28-24;1-12(32)19-20(14-8-15-3-4-16(9-14)29-15)30-23-17(11-28-31(23)21(19)24)13-2-5-18(27-10-13)22-25-6-7-26-22;3-1-2(4)5/h2,5-7,10-11,15-17,34H,3-4,8-9,12,26H2,1H3,(H,27,28);2,5-7,10-11,14-16,29H,3-4,8-9,24H2,1H3,(H,25,26);3H,1H2,(H,4,5)/t15?,16-,17+;14?,15-,16+;. The van der Waals surface area contributed by atoms with E-state index in [1.54, 1.807) is 61.0 Å². The molecule has 4 aliphatic rings. The van der Waals surface area contributed by atoms with Crippen molar-refractivity contribution in [3.63, 3.8) is 0 Å². The maximum absolute atomic E-state index is 12.7. The number of aliphatic hydroxyl groups excluding tert-OH is 2. The van der Waals surface area contributed by atoms with Gasteiger partial charge in [-0.25, -0.2) is 24.7 Å². The first-order valence-electron chi connectivity index (χ1n) is 24.1. The van der Waals surface area contributed by atoms with Crippen molar-refractivity contribution < 1.29 is 34.5 Å². The average molecular weight is 991 g/mol. The van der Waals surface area contributed by atoms with Crippen LogP contribution in [0.4, 0.5) is 11.6 Å². The van der Waals surface area contributed by atoms with Crippen LogP contribution in [0.3, 0.4) is 0 Å². The van der Waals surface area contributed by atoms with Crippen molar-refractivity contribution in [1.82, 2.24) is 69.3 Å². The Kier molecular flexibility index (Phi) is 13.3. The normalized spacial score (nSPS) is 20.8. The number of pyridine rings is 2. The second kappa shape index (κ2) is 20.1. The Hall–Kier alpha value is -8.28. The smallest absolute Gasteiger partial charge is 0.329 e. The van der Waals surface area contributed by atoms with E-state index in [9.17, 15) is 19.5 Å². The third kappa shape index (κ3) is 9.28. The number of ketones is 2. The molecule has 12 rings (SSSR count). The molecule has 23 nitrogen and oxygen atoms in total. The van der Waals surface area contributed by atoms with Crippen molar-refractivity contribution in [2.45, 2.75) is 101 Å². The lowest BCUT2D eigenvalue weighted by molar-refractivity contribution is -0.140. The first-order chi connectivity index (χ1) is 35.3. The quantitative estimate of drug-likeness (QED) is 0.0889. The predicted molar refractivity (Wildman–Crippen MR) is 266 cm³/mol. The number of carbonyl (C=O) groups is 4. The molecule has 10 N–H and O–H groups in total. The molecule has 376 valence electrons.